The van der Waals surface area contributed by atoms with Gasteiger partial charge in [-0.1, -0.05) is 11.6 Å². The molecule has 0 atom stereocenters. The molecule has 0 bridgehead atoms. The Morgan fingerprint density at radius 2 is 1.74 bits per heavy atom. The summed E-state index contributed by atoms with van der Waals surface area (Å²) in [5, 5.41) is 25.5. The first-order valence-electron chi connectivity index (χ1n) is 7.38. The molecule has 0 spiro atoms. The number of halogens is 2. The average Bonchev–Trinajstić information content (AvgIpc) is 2.63. The number of benzene rings is 2. The van der Waals surface area contributed by atoms with Gasteiger partial charge in [0.2, 0.25) is 0 Å². The monoisotopic (exact) mass is 500 g/mol. The Kier molecular flexibility index (Phi) is 5.02. The van der Waals surface area contributed by atoms with Crippen LogP contribution in [-0.2, 0) is 7.05 Å². The molecule has 2 aromatic carbocycles. The Labute approximate surface area is 170 Å². The predicted octanol–water partition coefficient (Wildman–Crippen LogP) is 4.36. The van der Waals surface area contributed by atoms with Crippen LogP contribution in [0.5, 0.6) is 0 Å². The molecule has 3 rings (SSSR count). The highest BCUT2D eigenvalue weighted by atomic mass is 127. The lowest BCUT2D eigenvalue weighted by atomic mass is 10.1. The Balaban J connectivity index is 2.41. The molecule has 27 heavy (non-hydrogen) atoms. The summed E-state index contributed by atoms with van der Waals surface area (Å²) < 4.78 is 1.99. The van der Waals surface area contributed by atoms with E-state index in [9.17, 15) is 25.0 Å². The second-order valence-corrected chi connectivity index (χ2v) is 7.18. The summed E-state index contributed by atoms with van der Waals surface area (Å²) in [5.74, 6) is 0. The van der Waals surface area contributed by atoms with Crippen molar-refractivity contribution in [1.29, 1.82) is 0 Å². The van der Waals surface area contributed by atoms with E-state index < -0.39 is 26.8 Å². The van der Waals surface area contributed by atoms with Crippen molar-refractivity contribution < 1.29 is 9.85 Å². The van der Waals surface area contributed by atoms with Crippen LogP contribution < -0.4 is 10.9 Å². The molecule has 138 valence electrons. The molecule has 0 aliphatic rings. The minimum Gasteiger partial charge on any atom is -0.354 e. The number of nitro groups is 2. The normalized spacial score (nSPS) is 10.8. The number of anilines is 2. The molecule has 0 aliphatic carbocycles. The van der Waals surface area contributed by atoms with Crippen molar-refractivity contribution in [1.82, 2.24) is 4.57 Å². The summed E-state index contributed by atoms with van der Waals surface area (Å²) in [4.78, 5) is 33.7. The summed E-state index contributed by atoms with van der Waals surface area (Å²) in [6.45, 7) is 0. The van der Waals surface area contributed by atoms with E-state index in [-0.39, 0.29) is 21.6 Å². The van der Waals surface area contributed by atoms with Crippen LogP contribution in [0.15, 0.2) is 41.2 Å². The van der Waals surface area contributed by atoms with Gasteiger partial charge in [0.25, 0.3) is 11.2 Å². The zero-order valence-corrected chi connectivity index (χ0v) is 16.5. The van der Waals surface area contributed by atoms with E-state index in [4.69, 9.17) is 11.6 Å². The lowest BCUT2D eigenvalue weighted by Gasteiger charge is -2.14. The fourth-order valence-electron chi connectivity index (χ4n) is 2.67. The van der Waals surface area contributed by atoms with Crippen LogP contribution in [0, 0.1) is 23.8 Å². The van der Waals surface area contributed by atoms with Gasteiger partial charge in [0.05, 0.1) is 21.6 Å². The third kappa shape index (κ3) is 3.45. The highest BCUT2D eigenvalue weighted by molar-refractivity contribution is 14.1. The highest BCUT2D eigenvalue weighted by Crippen LogP contribution is 2.38. The van der Waals surface area contributed by atoms with E-state index in [0.717, 1.165) is 20.3 Å². The van der Waals surface area contributed by atoms with Gasteiger partial charge < -0.3 is 9.88 Å². The maximum absolute atomic E-state index is 12.5. The third-order valence-electron chi connectivity index (χ3n) is 3.91. The van der Waals surface area contributed by atoms with E-state index in [2.05, 4.69) is 27.9 Å². The molecule has 0 fully saturated rings. The van der Waals surface area contributed by atoms with Crippen LogP contribution in [0.4, 0.5) is 22.7 Å². The predicted molar refractivity (Wildman–Crippen MR) is 110 cm³/mol. The largest absolute Gasteiger partial charge is 0.354 e. The minimum absolute atomic E-state index is 0.0620. The molecule has 0 saturated heterocycles. The molecular weight excluding hydrogens is 491 g/mol. The van der Waals surface area contributed by atoms with Crippen LogP contribution in [0.3, 0.4) is 0 Å². The fourth-order valence-corrected chi connectivity index (χ4v) is 3.30. The Bertz CT molecular complexity index is 1160. The Morgan fingerprint density at radius 1 is 1.11 bits per heavy atom. The second-order valence-electron chi connectivity index (χ2n) is 5.56. The van der Waals surface area contributed by atoms with Crippen LogP contribution in [0.2, 0.25) is 5.02 Å². The van der Waals surface area contributed by atoms with Crippen LogP contribution in [0.25, 0.3) is 10.9 Å². The molecule has 3 aromatic rings. The highest BCUT2D eigenvalue weighted by Gasteiger charge is 2.26. The zero-order chi connectivity index (χ0) is 19.9. The van der Waals surface area contributed by atoms with Gasteiger partial charge in [-0.25, -0.2) is 0 Å². The van der Waals surface area contributed by atoms with Crippen molar-refractivity contribution >= 4 is 67.8 Å². The number of aryl methyl sites for hydroxylation is 1. The molecule has 1 N–H and O–H groups in total. The Morgan fingerprint density at radius 3 is 2.30 bits per heavy atom. The number of nitro benzene ring substituents is 2. The van der Waals surface area contributed by atoms with Gasteiger partial charge in [0, 0.05) is 27.8 Å². The molecule has 9 nitrogen and oxygen atoms in total. The zero-order valence-electron chi connectivity index (χ0n) is 13.6. The minimum atomic E-state index is -0.767. The van der Waals surface area contributed by atoms with E-state index in [1.807, 2.05) is 12.1 Å². The van der Waals surface area contributed by atoms with E-state index >= 15 is 0 Å². The van der Waals surface area contributed by atoms with E-state index in [1.165, 1.54) is 7.05 Å². The molecule has 0 unspecified atom stereocenters. The number of nitrogens with one attached hydrogen (secondary N) is 1. The molecule has 0 amide bonds. The molecule has 0 saturated carbocycles. The van der Waals surface area contributed by atoms with Crippen molar-refractivity contribution in [2.45, 2.75) is 0 Å². The maximum Gasteiger partial charge on any atom is 0.300 e. The summed E-state index contributed by atoms with van der Waals surface area (Å²) in [6.07, 6.45) is 0. The number of aromatic nitrogens is 1. The molecule has 0 radical (unpaired) electrons. The van der Waals surface area contributed by atoms with Crippen molar-refractivity contribution in [2.24, 2.45) is 7.05 Å². The van der Waals surface area contributed by atoms with Crippen LogP contribution >= 0.6 is 34.2 Å². The van der Waals surface area contributed by atoms with Crippen molar-refractivity contribution in [3.63, 3.8) is 0 Å². The first-order valence-corrected chi connectivity index (χ1v) is 8.84. The maximum atomic E-state index is 12.5. The number of rotatable bonds is 4. The third-order valence-corrected chi connectivity index (χ3v) is 4.98. The molecule has 0 aliphatic heterocycles. The lowest BCUT2D eigenvalue weighted by molar-refractivity contribution is -0.393. The van der Waals surface area contributed by atoms with Gasteiger partial charge >= 0.3 is 5.69 Å². The first-order chi connectivity index (χ1) is 12.7. The van der Waals surface area contributed by atoms with Crippen molar-refractivity contribution in [3.8, 4) is 0 Å². The quantitative estimate of drug-likeness (QED) is 0.323. The summed E-state index contributed by atoms with van der Waals surface area (Å²) >= 11 is 8.31. The average molecular weight is 501 g/mol. The summed E-state index contributed by atoms with van der Waals surface area (Å²) in [5.41, 5.74) is -1.11. The molecule has 11 heteroatoms. The van der Waals surface area contributed by atoms with Gasteiger partial charge in [-0.3, -0.25) is 25.0 Å². The second kappa shape index (κ2) is 7.12. The van der Waals surface area contributed by atoms with Crippen LogP contribution in [-0.4, -0.2) is 14.4 Å². The smallest absolute Gasteiger partial charge is 0.300 e. The van der Waals surface area contributed by atoms with Crippen molar-refractivity contribution in [2.75, 3.05) is 5.32 Å². The standard InChI is InChI=1S/C16H10ClIN4O5/c1-20-15-11(6-10(21(24)25)7-12(15)22(26)27)14(13(17)16(20)23)19-9-4-2-8(18)3-5-9/h2-7,19H,1H3. The first kappa shape index (κ1) is 19.0. The topological polar surface area (TPSA) is 120 Å². The van der Waals surface area contributed by atoms with Gasteiger partial charge in [-0.15, -0.1) is 0 Å². The molecule has 1 heterocycles. The van der Waals surface area contributed by atoms with E-state index in [0.29, 0.717) is 5.69 Å². The number of nitrogens with zero attached hydrogens (tertiary/aromatic N) is 3. The van der Waals surface area contributed by atoms with Gasteiger partial charge in [0.15, 0.2) is 0 Å². The molecular formula is C16H10ClIN4O5. The summed E-state index contributed by atoms with van der Waals surface area (Å²) in [7, 11) is 1.32. The van der Waals surface area contributed by atoms with E-state index in [1.54, 1.807) is 12.1 Å². The van der Waals surface area contributed by atoms with Crippen molar-refractivity contribution in [3.05, 3.63) is 75.6 Å². The molecule has 1 aromatic heterocycles. The van der Waals surface area contributed by atoms with Gasteiger partial charge in [-0.2, -0.15) is 0 Å². The number of hydrogen-bond donors (Lipinski definition) is 1. The SMILES string of the molecule is Cn1c(=O)c(Cl)c(Nc2ccc(I)cc2)c2cc([N+](=O)[O-])cc([N+](=O)[O-])c21. The number of pyridine rings is 1. The summed E-state index contributed by atoms with van der Waals surface area (Å²) in [6, 6.07) is 9.06. The van der Waals surface area contributed by atoms with Gasteiger partial charge in [0.1, 0.15) is 10.5 Å². The number of non-ortho nitro benzene ring substituents is 2. The van der Waals surface area contributed by atoms with Crippen LogP contribution in [0.1, 0.15) is 0 Å². The fraction of sp³-hybridized carbons (Fsp3) is 0.0625. The Hall–Kier alpha value is -2.73. The number of fused-ring (bicyclic) bond motifs is 1. The number of hydrogen-bond acceptors (Lipinski definition) is 6. The van der Waals surface area contributed by atoms with Gasteiger partial charge in [-0.05, 0) is 46.9 Å². The lowest BCUT2D eigenvalue weighted by Crippen LogP contribution is -2.20.